The smallest absolute Gasteiger partial charge is 0.220 e. The van der Waals surface area contributed by atoms with Crippen LogP contribution >= 0.6 is 0 Å². The quantitative estimate of drug-likeness (QED) is 0.883. The summed E-state index contributed by atoms with van der Waals surface area (Å²) in [5.74, 6) is 1.36. The van der Waals surface area contributed by atoms with Crippen LogP contribution in [0.2, 0.25) is 0 Å². The molecular weight excluding hydrogens is 264 g/mol. The van der Waals surface area contributed by atoms with E-state index in [4.69, 9.17) is 4.42 Å². The van der Waals surface area contributed by atoms with Gasteiger partial charge in [0.15, 0.2) is 11.7 Å². The van der Waals surface area contributed by atoms with Crippen molar-refractivity contribution in [3.05, 3.63) is 42.4 Å². The van der Waals surface area contributed by atoms with Gasteiger partial charge in [0.2, 0.25) is 5.91 Å². The summed E-state index contributed by atoms with van der Waals surface area (Å²) in [6.07, 6.45) is 3.51. The van der Waals surface area contributed by atoms with Crippen LogP contribution in [0, 0.1) is 0 Å². The topological polar surface area (TPSA) is 55.1 Å². The predicted molar refractivity (Wildman–Crippen MR) is 82.8 cm³/mol. The van der Waals surface area contributed by atoms with Crippen LogP contribution in [-0.2, 0) is 11.2 Å². The summed E-state index contributed by atoms with van der Waals surface area (Å²) in [5.41, 5.74) is 0.830. The first-order chi connectivity index (χ1) is 10.00. The third-order valence-corrected chi connectivity index (χ3v) is 3.54. The Labute approximate surface area is 125 Å². The monoisotopic (exact) mass is 286 g/mol. The minimum atomic E-state index is -0.164. The van der Waals surface area contributed by atoms with Crippen molar-refractivity contribution in [3.8, 4) is 11.3 Å². The Morgan fingerprint density at radius 2 is 2.00 bits per heavy atom. The summed E-state index contributed by atoms with van der Waals surface area (Å²) >= 11 is 0. The fraction of sp³-hybridized carbons (Fsp3) is 0.412. The van der Waals surface area contributed by atoms with E-state index in [-0.39, 0.29) is 11.4 Å². The average molecular weight is 286 g/mol. The predicted octanol–water partition coefficient (Wildman–Crippen LogP) is 3.58. The molecule has 1 aromatic carbocycles. The highest BCUT2D eigenvalue weighted by Gasteiger charge is 2.18. The van der Waals surface area contributed by atoms with Gasteiger partial charge in [0, 0.05) is 23.9 Å². The van der Waals surface area contributed by atoms with E-state index in [1.54, 1.807) is 6.20 Å². The molecule has 1 amide bonds. The Bertz CT molecular complexity index is 588. The summed E-state index contributed by atoms with van der Waals surface area (Å²) in [7, 11) is 0. The van der Waals surface area contributed by atoms with Crippen LogP contribution in [0.5, 0.6) is 0 Å². The molecule has 1 heterocycles. The molecule has 0 aliphatic carbocycles. The molecule has 0 fully saturated rings. The first-order valence-corrected chi connectivity index (χ1v) is 7.31. The number of carbonyl (C=O) groups is 1. The van der Waals surface area contributed by atoms with Gasteiger partial charge in [0.1, 0.15) is 0 Å². The highest BCUT2D eigenvalue weighted by atomic mass is 16.4. The van der Waals surface area contributed by atoms with Crippen molar-refractivity contribution in [1.29, 1.82) is 0 Å². The maximum atomic E-state index is 11.9. The van der Waals surface area contributed by atoms with Gasteiger partial charge in [-0.2, -0.15) is 0 Å². The molecule has 0 aliphatic heterocycles. The summed E-state index contributed by atoms with van der Waals surface area (Å²) in [5, 5.41) is 3.01. The Morgan fingerprint density at radius 3 is 2.67 bits per heavy atom. The third kappa shape index (κ3) is 4.45. The van der Waals surface area contributed by atoms with Crippen molar-refractivity contribution in [1.82, 2.24) is 10.3 Å². The molecule has 4 heteroatoms. The van der Waals surface area contributed by atoms with Crippen LogP contribution in [0.3, 0.4) is 0 Å². The van der Waals surface area contributed by atoms with E-state index in [9.17, 15) is 4.79 Å². The second kappa shape index (κ2) is 6.57. The maximum Gasteiger partial charge on any atom is 0.220 e. The number of hydrogen-bond acceptors (Lipinski definition) is 3. The zero-order valence-electron chi connectivity index (χ0n) is 12.8. The van der Waals surface area contributed by atoms with Crippen molar-refractivity contribution < 1.29 is 9.21 Å². The number of aromatic nitrogens is 1. The highest BCUT2D eigenvalue weighted by Crippen LogP contribution is 2.20. The number of nitrogens with one attached hydrogen (secondary N) is 1. The van der Waals surface area contributed by atoms with Crippen molar-refractivity contribution in [3.63, 3.8) is 0 Å². The van der Waals surface area contributed by atoms with E-state index in [0.717, 1.165) is 17.7 Å². The molecule has 0 bridgehead atoms. The van der Waals surface area contributed by atoms with Crippen molar-refractivity contribution in [2.24, 2.45) is 0 Å². The second-order valence-corrected chi connectivity index (χ2v) is 5.77. The summed E-state index contributed by atoms with van der Waals surface area (Å²) in [6.45, 7) is 6.09. The zero-order chi connectivity index (χ0) is 15.3. The van der Waals surface area contributed by atoms with Gasteiger partial charge >= 0.3 is 0 Å². The van der Waals surface area contributed by atoms with Gasteiger partial charge in [-0.3, -0.25) is 4.79 Å². The zero-order valence-corrected chi connectivity index (χ0v) is 12.8. The normalized spacial score (nSPS) is 11.4. The van der Waals surface area contributed by atoms with Crippen LogP contribution in [0.4, 0.5) is 0 Å². The van der Waals surface area contributed by atoms with Gasteiger partial charge in [0.25, 0.3) is 0 Å². The van der Waals surface area contributed by atoms with Gasteiger partial charge in [-0.15, -0.1) is 0 Å². The number of hydrogen-bond donors (Lipinski definition) is 1. The summed E-state index contributed by atoms with van der Waals surface area (Å²) in [6, 6.07) is 9.82. The Morgan fingerprint density at radius 1 is 1.29 bits per heavy atom. The first kappa shape index (κ1) is 15.3. The molecule has 0 radical (unpaired) electrons. The van der Waals surface area contributed by atoms with E-state index >= 15 is 0 Å². The first-order valence-electron chi connectivity index (χ1n) is 7.31. The van der Waals surface area contributed by atoms with Crippen molar-refractivity contribution in [2.75, 3.05) is 0 Å². The molecule has 2 rings (SSSR count). The van der Waals surface area contributed by atoms with Gasteiger partial charge in [-0.25, -0.2) is 4.98 Å². The molecule has 1 aromatic heterocycles. The third-order valence-electron chi connectivity index (χ3n) is 3.54. The van der Waals surface area contributed by atoms with E-state index in [1.807, 2.05) is 44.2 Å². The molecular formula is C17H22N2O2. The molecule has 112 valence electrons. The van der Waals surface area contributed by atoms with Crippen LogP contribution in [0.1, 0.15) is 39.5 Å². The van der Waals surface area contributed by atoms with E-state index in [1.165, 1.54) is 0 Å². The van der Waals surface area contributed by atoms with Gasteiger partial charge in [0.05, 0.1) is 6.20 Å². The van der Waals surface area contributed by atoms with Gasteiger partial charge in [-0.1, -0.05) is 37.3 Å². The Hall–Kier alpha value is -2.10. The van der Waals surface area contributed by atoms with Crippen molar-refractivity contribution >= 4 is 5.91 Å². The summed E-state index contributed by atoms with van der Waals surface area (Å²) < 4.78 is 5.69. The average Bonchev–Trinajstić information content (AvgIpc) is 2.95. The number of amides is 1. The van der Waals surface area contributed by atoms with Crippen LogP contribution in [-0.4, -0.2) is 16.4 Å². The lowest BCUT2D eigenvalue weighted by molar-refractivity contribution is -0.122. The number of carbonyl (C=O) groups excluding carboxylic acids is 1. The molecule has 0 saturated carbocycles. The lowest BCUT2D eigenvalue weighted by Gasteiger charge is -2.24. The molecule has 0 aliphatic rings. The fourth-order valence-corrected chi connectivity index (χ4v) is 1.91. The van der Waals surface area contributed by atoms with E-state index in [2.05, 4.69) is 17.2 Å². The molecule has 2 aromatic rings. The number of benzene rings is 1. The second-order valence-electron chi connectivity index (χ2n) is 5.77. The van der Waals surface area contributed by atoms with Crippen LogP contribution in [0.15, 0.2) is 40.9 Å². The largest absolute Gasteiger partial charge is 0.441 e. The van der Waals surface area contributed by atoms with Crippen LogP contribution < -0.4 is 5.32 Å². The number of rotatable bonds is 6. The number of aryl methyl sites for hydroxylation is 1. The standard InChI is InChI=1S/C17H22N2O2/c1-4-17(2,3)19-15(20)10-11-16-18-12-14(21-16)13-8-6-5-7-9-13/h5-9,12H,4,10-11H2,1-3H3,(H,19,20). The molecule has 0 atom stereocenters. The molecule has 0 spiro atoms. The lowest BCUT2D eigenvalue weighted by atomic mass is 10.0. The van der Waals surface area contributed by atoms with E-state index < -0.39 is 0 Å². The van der Waals surface area contributed by atoms with Gasteiger partial charge < -0.3 is 9.73 Å². The molecule has 0 saturated heterocycles. The minimum Gasteiger partial charge on any atom is -0.441 e. The number of oxazole rings is 1. The molecule has 1 N–H and O–H groups in total. The Kier molecular flexibility index (Phi) is 4.78. The maximum absolute atomic E-state index is 11.9. The fourth-order valence-electron chi connectivity index (χ4n) is 1.91. The highest BCUT2D eigenvalue weighted by molar-refractivity contribution is 5.76. The van der Waals surface area contributed by atoms with Crippen molar-refractivity contribution in [2.45, 2.75) is 45.6 Å². The summed E-state index contributed by atoms with van der Waals surface area (Å²) in [4.78, 5) is 16.1. The van der Waals surface area contributed by atoms with E-state index in [0.29, 0.717) is 18.7 Å². The Balaban J connectivity index is 1.90. The van der Waals surface area contributed by atoms with Gasteiger partial charge in [-0.05, 0) is 20.3 Å². The molecule has 4 nitrogen and oxygen atoms in total. The lowest BCUT2D eigenvalue weighted by Crippen LogP contribution is -2.42. The number of nitrogens with zero attached hydrogens (tertiary/aromatic N) is 1. The molecule has 21 heavy (non-hydrogen) atoms. The SMILES string of the molecule is CCC(C)(C)NC(=O)CCc1ncc(-c2ccccc2)o1. The minimum absolute atomic E-state index is 0.0290. The van der Waals surface area contributed by atoms with Crippen LogP contribution in [0.25, 0.3) is 11.3 Å². The molecule has 0 unspecified atom stereocenters.